The topological polar surface area (TPSA) is 205 Å². The first-order valence-corrected chi connectivity index (χ1v) is 28.1. The molecule has 3 fully saturated rings. The molecule has 4 aromatic heterocycles. The van der Waals surface area contributed by atoms with Crippen LogP contribution in [0, 0.1) is 23.2 Å². The van der Waals surface area contributed by atoms with E-state index in [1.807, 2.05) is 32.0 Å². The standard InChI is InChI=1S/C27H30Cl2N6O2.C27H34Cl2N6O.C2H4O2.CH4.ClH/c1-4-34(13-27(36)14-37-15-27)24-8-5-18(9-16(24)2)23-12-31-25-22(11-30)33-35(26(25)32-23)17(3)20-7-6-19(28)10-21(20)29;1-4-19-16-34(13-10-23(19)33-11-6-5-7-12-33)24-15-30-26-25(18(3)36)32-35(27(26)31-24)17(2)21-9-8-20(28)14-22(21)29;1-2(3)4;;/h5-7,10,12,16-17,24,36H,4,8-9,13-15H2,1-3H3;8-9,14-15,17,19,23H,4-7,10-13,16H2,1-3H3;1H3,(H,3,4);1H4;1H. The fraction of sp³-hybridized carbons (Fsp3) is 0.526. The number of aliphatic carboxylic acids is 1. The average molecular weight is 1180 g/mol. The molecule has 4 aliphatic rings. The number of carbonyl (C=O) groups is 2. The Morgan fingerprint density at radius 2 is 1.48 bits per heavy atom. The Morgan fingerprint density at radius 3 is 2.01 bits per heavy atom. The van der Waals surface area contributed by atoms with E-state index in [1.54, 1.807) is 40.0 Å². The number of halogens is 5. The number of rotatable bonds is 13. The molecule has 6 atom stereocenters. The number of hydrogen-bond acceptors (Lipinski definition) is 14. The Labute approximate surface area is 489 Å². The van der Waals surface area contributed by atoms with E-state index in [1.165, 1.54) is 39.3 Å². The van der Waals surface area contributed by atoms with Crippen molar-refractivity contribution in [2.75, 3.05) is 57.4 Å². The predicted octanol–water partition coefficient (Wildman–Crippen LogP) is 12.1. The molecule has 10 rings (SSSR count). The average Bonchev–Trinajstić information content (AvgIpc) is 4.20. The number of ketones is 1. The van der Waals surface area contributed by atoms with E-state index >= 15 is 0 Å². The van der Waals surface area contributed by atoms with E-state index in [9.17, 15) is 15.2 Å². The van der Waals surface area contributed by atoms with Crippen LogP contribution in [0.2, 0.25) is 20.1 Å². The number of nitrogens with zero attached hydrogens (tertiary/aromatic N) is 12. The third kappa shape index (κ3) is 14.4. The van der Waals surface area contributed by atoms with Crippen molar-refractivity contribution >= 4 is 104 Å². The lowest BCUT2D eigenvalue weighted by molar-refractivity contribution is -0.190. The van der Waals surface area contributed by atoms with Gasteiger partial charge in [0.15, 0.2) is 28.5 Å². The van der Waals surface area contributed by atoms with Crippen LogP contribution < -0.4 is 4.90 Å². The Balaban J connectivity index is 0.000000234. The van der Waals surface area contributed by atoms with Crippen molar-refractivity contribution in [3.8, 4) is 6.07 Å². The zero-order valence-electron chi connectivity index (χ0n) is 45.2. The summed E-state index contributed by atoms with van der Waals surface area (Å²) >= 11 is 25.2. The molecule has 3 aliphatic heterocycles. The van der Waals surface area contributed by atoms with Crippen LogP contribution in [0.3, 0.4) is 0 Å². The van der Waals surface area contributed by atoms with Gasteiger partial charge in [0.05, 0.1) is 43.4 Å². The van der Waals surface area contributed by atoms with Gasteiger partial charge in [0.1, 0.15) is 28.5 Å². The second-order valence-corrected chi connectivity index (χ2v) is 22.5. The summed E-state index contributed by atoms with van der Waals surface area (Å²) in [6.45, 7) is 19.9. The van der Waals surface area contributed by atoms with Gasteiger partial charge in [0.2, 0.25) is 0 Å². The van der Waals surface area contributed by atoms with E-state index in [0.29, 0.717) is 91.8 Å². The number of piperidine rings is 2. The Kier molecular flexibility index (Phi) is 22.1. The van der Waals surface area contributed by atoms with Gasteiger partial charge in [-0.3, -0.25) is 19.4 Å². The predicted molar refractivity (Wildman–Crippen MR) is 316 cm³/mol. The zero-order valence-corrected chi connectivity index (χ0v) is 49.0. The van der Waals surface area contributed by atoms with Crippen molar-refractivity contribution < 1.29 is 24.5 Å². The van der Waals surface area contributed by atoms with Crippen molar-refractivity contribution in [2.45, 2.75) is 131 Å². The van der Waals surface area contributed by atoms with E-state index < -0.39 is 11.6 Å². The number of nitriles is 1. The molecule has 3 saturated heterocycles. The lowest BCUT2D eigenvalue weighted by Crippen LogP contribution is -2.59. The molecular formula is C57H73Cl5N12O5. The Bertz CT molecular complexity index is 3170. The molecule has 1 aliphatic carbocycles. The third-order valence-corrected chi connectivity index (χ3v) is 16.6. The van der Waals surface area contributed by atoms with E-state index in [0.717, 1.165) is 80.5 Å². The molecule has 0 bridgehead atoms. The van der Waals surface area contributed by atoms with Crippen LogP contribution in [0.25, 0.3) is 27.9 Å². The largest absolute Gasteiger partial charge is 0.481 e. The van der Waals surface area contributed by atoms with Gasteiger partial charge >= 0.3 is 0 Å². The van der Waals surface area contributed by atoms with Crippen molar-refractivity contribution in [3.63, 3.8) is 0 Å². The Morgan fingerprint density at radius 1 is 0.886 bits per heavy atom. The highest BCUT2D eigenvalue weighted by atomic mass is 35.5. The molecule has 2 N–H and O–H groups in total. The summed E-state index contributed by atoms with van der Waals surface area (Å²) in [6, 6.07) is 13.4. The summed E-state index contributed by atoms with van der Waals surface area (Å²) in [7, 11) is 0. The minimum absolute atomic E-state index is 0. The maximum absolute atomic E-state index is 12.4. The molecule has 17 nitrogen and oxygen atoms in total. The van der Waals surface area contributed by atoms with Gasteiger partial charge in [0.25, 0.3) is 5.97 Å². The Hall–Kier alpha value is -5.00. The number of aromatic nitrogens is 8. The van der Waals surface area contributed by atoms with Gasteiger partial charge in [-0.2, -0.15) is 15.5 Å². The van der Waals surface area contributed by atoms with Gasteiger partial charge in [-0.1, -0.05) is 106 Å². The van der Waals surface area contributed by atoms with Crippen LogP contribution in [-0.4, -0.2) is 141 Å². The molecule has 6 aromatic rings. The molecule has 6 unspecified atom stereocenters. The summed E-state index contributed by atoms with van der Waals surface area (Å²) in [6.07, 6.45) is 13.7. The molecule has 7 heterocycles. The minimum Gasteiger partial charge on any atom is -0.481 e. The monoisotopic (exact) mass is 1180 g/mol. The van der Waals surface area contributed by atoms with Gasteiger partial charge in [0, 0.05) is 65.7 Å². The smallest absolute Gasteiger partial charge is 0.300 e. The number of carbonyl (C=O) groups excluding carboxylic acids is 1. The van der Waals surface area contributed by atoms with Crippen LogP contribution in [0.5, 0.6) is 0 Å². The maximum Gasteiger partial charge on any atom is 0.300 e. The van der Waals surface area contributed by atoms with Crippen molar-refractivity contribution in [1.29, 1.82) is 5.26 Å². The van der Waals surface area contributed by atoms with Crippen molar-refractivity contribution in [3.05, 3.63) is 103 Å². The molecule has 0 radical (unpaired) electrons. The highest BCUT2D eigenvalue weighted by Crippen LogP contribution is 2.37. The summed E-state index contributed by atoms with van der Waals surface area (Å²) in [5.41, 5.74) is 5.57. The van der Waals surface area contributed by atoms with E-state index in [2.05, 4.69) is 62.8 Å². The van der Waals surface area contributed by atoms with Crippen LogP contribution in [0.4, 0.5) is 5.82 Å². The number of fused-ring (bicyclic) bond motifs is 2. The fourth-order valence-electron chi connectivity index (χ4n) is 11.3. The van der Waals surface area contributed by atoms with E-state index in [-0.39, 0.29) is 43.4 Å². The number of anilines is 1. The molecule has 0 saturated carbocycles. The lowest BCUT2D eigenvalue weighted by atomic mass is 9.83. The molecule has 0 amide bonds. The summed E-state index contributed by atoms with van der Waals surface area (Å²) in [5, 5.41) is 39.1. The molecule has 426 valence electrons. The first kappa shape index (κ1) is 63.2. The van der Waals surface area contributed by atoms with Crippen LogP contribution in [0.15, 0.2) is 54.9 Å². The molecule has 22 heteroatoms. The normalized spacial score (nSPS) is 20.7. The van der Waals surface area contributed by atoms with Crippen LogP contribution >= 0.6 is 58.8 Å². The minimum atomic E-state index is -0.833. The number of hydrogen-bond donors (Lipinski definition) is 2. The summed E-state index contributed by atoms with van der Waals surface area (Å²) in [4.78, 5) is 48.1. The lowest BCUT2D eigenvalue weighted by Gasteiger charge is -2.45. The van der Waals surface area contributed by atoms with Gasteiger partial charge in [-0.15, -0.1) is 12.4 Å². The maximum atomic E-state index is 12.4. The number of likely N-dealkylation sites (tertiary alicyclic amines) is 1. The van der Waals surface area contributed by atoms with Crippen molar-refractivity contribution in [1.82, 2.24) is 49.3 Å². The quantitative estimate of drug-likeness (QED) is 0.103. The number of likely N-dealkylation sites (N-methyl/N-ethyl adjacent to an activating group) is 1. The number of benzene rings is 2. The molecule has 79 heavy (non-hydrogen) atoms. The number of ether oxygens (including phenoxy) is 1. The zero-order chi connectivity index (χ0) is 55.3. The highest BCUT2D eigenvalue weighted by molar-refractivity contribution is 6.35. The number of Topliss-reactive ketones (excluding diaryl/α,β-unsaturated/α-hetero) is 1. The second kappa shape index (κ2) is 27.6. The number of carboxylic acids is 1. The number of carboxylic acid groups (broad SMARTS) is 1. The van der Waals surface area contributed by atoms with Gasteiger partial charge in [-0.25, -0.2) is 29.3 Å². The highest BCUT2D eigenvalue weighted by Gasteiger charge is 2.41. The van der Waals surface area contributed by atoms with Gasteiger partial charge < -0.3 is 19.8 Å². The van der Waals surface area contributed by atoms with Crippen LogP contribution in [0.1, 0.15) is 146 Å². The van der Waals surface area contributed by atoms with Gasteiger partial charge in [-0.05, 0) is 118 Å². The number of aliphatic hydroxyl groups is 1. The number of allylic oxidation sites excluding steroid dienone is 1. The summed E-state index contributed by atoms with van der Waals surface area (Å²) < 4.78 is 8.73. The summed E-state index contributed by atoms with van der Waals surface area (Å²) in [5.74, 6) is 0.833. The SMILES string of the molecule is C.CC(=O)O.CCC1CN(c2cnc3c(C(C)=O)nn(C(C)c4ccc(Cl)cc4Cl)c3n2)CCC1N1CCCCC1.CCN(CC1(O)COC1)C1CC=C(c2cnc3c(C#N)nn(C(C)c4ccc(Cl)cc4Cl)c3n2)CC1C.Cl. The molecule has 2 aromatic carbocycles. The molecule has 0 spiro atoms. The third-order valence-electron chi connectivity index (χ3n) is 15.4. The first-order chi connectivity index (χ1) is 36.8. The molecular weight excluding hydrogens is 1110 g/mol. The second-order valence-electron chi connectivity index (χ2n) is 20.8. The fourth-order valence-corrected chi connectivity index (χ4v) is 12.5. The van der Waals surface area contributed by atoms with E-state index in [4.69, 9.17) is 76.0 Å². The van der Waals surface area contributed by atoms with Crippen LogP contribution in [-0.2, 0) is 9.53 Å². The first-order valence-electron chi connectivity index (χ1n) is 26.6. The van der Waals surface area contributed by atoms with Crippen molar-refractivity contribution in [2.24, 2.45) is 11.8 Å².